The van der Waals surface area contributed by atoms with E-state index in [4.69, 9.17) is 25.8 Å². The third kappa shape index (κ3) is 3.23. The Bertz CT molecular complexity index is 1360. The number of aliphatic hydroxyl groups is 3. The van der Waals surface area contributed by atoms with E-state index in [2.05, 4.69) is 4.98 Å². The van der Waals surface area contributed by atoms with Crippen LogP contribution in [0.5, 0.6) is 11.6 Å². The third-order valence-corrected chi connectivity index (χ3v) is 7.43. The molecule has 2 bridgehead atoms. The predicted octanol–water partition coefficient (Wildman–Crippen LogP) is 3.42. The van der Waals surface area contributed by atoms with Gasteiger partial charge in [0, 0.05) is 17.2 Å². The molecule has 1 aromatic heterocycles. The summed E-state index contributed by atoms with van der Waals surface area (Å²) in [7, 11) is 2.32. The van der Waals surface area contributed by atoms with Gasteiger partial charge >= 0.3 is 5.97 Å². The number of ether oxygens (including phenoxy) is 3. The first-order chi connectivity index (χ1) is 17.5. The fraction of sp³-hybridized carbons (Fsp3) is 0.308. The van der Waals surface area contributed by atoms with Crippen LogP contribution in [0, 0.1) is 5.92 Å². The standard InChI is InChI=1S/C26H22ClF2NO7/c1-35-22-19-16(12-17(27)30-22)37-25(15-10-8-14(9-11-15)21(28)29)18(13-6-4-3-5-7-13)20(23(31)36-2)24(19,32)26(25,33)34/h3-12,18,20-21,32-34H,1-2H3/t18-,20-,24+,25?/m1/s1. The average Bonchev–Trinajstić information content (AvgIpc) is 2.97. The number of aromatic nitrogens is 1. The van der Waals surface area contributed by atoms with Crippen molar-refractivity contribution in [1.29, 1.82) is 0 Å². The first-order valence-corrected chi connectivity index (χ1v) is 11.5. The van der Waals surface area contributed by atoms with Crippen molar-refractivity contribution in [3.63, 3.8) is 0 Å². The van der Waals surface area contributed by atoms with Gasteiger partial charge in [0.2, 0.25) is 11.7 Å². The van der Waals surface area contributed by atoms with Gasteiger partial charge in [0.25, 0.3) is 6.43 Å². The molecule has 3 N–H and O–H groups in total. The third-order valence-electron chi connectivity index (χ3n) is 7.24. The van der Waals surface area contributed by atoms with Gasteiger partial charge in [0.15, 0.2) is 11.2 Å². The van der Waals surface area contributed by atoms with Crippen LogP contribution in [0.25, 0.3) is 0 Å². The van der Waals surface area contributed by atoms with Crippen LogP contribution in [0.15, 0.2) is 60.7 Å². The first-order valence-electron chi connectivity index (χ1n) is 11.2. The maximum Gasteiger partial charge on any atom is 0.312 e. The minimum Gasteiger partial charge on any atom is -0.481 e. The number of carbonyl (C=O) groups is 1. The molecule has 1 aliphatic carbocycles. The summed E-state index contributed by atoms with van der Waals surface area (Å²) in [5.74, 6) is -7.63. The molecule has 2 heterocycles. The van der Waals surface area contributed by atoms with Gasteiger partial charge in [-0.15, -0.1) is 0 Å². The fourth-order valence-corrected chi connectivity index (χ4v) is 5.89. The second-order valence-corrected chi connectivity index (χ2v) is 9.30. The highest BCUT2D eigenvalue weighted by Crippen LogP contribution is 2.71. The van der Waals surface area contributed by atoms with Crippen LogP contribution in [0.2, 0.25) is 5.15 Å². The molecule has 0 radical (unpaired) electrons. The molecule has 1 saturated carbocycles. The smallest absolute Gasteiger partial charge is 0.312 e. The molecule has 1 unspecified atom stereocenters. The molecular weight excluding hydrogens is 512 g/mol. The molecule has 3 aromatic rings. The summed E-state index contributed by atoms with van der Waals surface area (Å²) in [4.78, 5) is 17.4. The normalized spacial score (nSPS) is 27.4. The van der Waals surface area contributed by atoms with Crippen LogP contribution < -0.4 is 9.47 Å². The van der Waals surface area contributed by atoms with Crippen molar-refractivity contribution < 1.29 is 43.1 Å². The van der Waals surface area contributed by atoms with Crippen LogP contribution in [0.4, 0.5) is 8.78 Å². The number of fused-ring (bicyclic) bond motifs is 4. The van der Waals surface area contributed by atoms with Crippen molar-refractivity contribution in [2.45, 2.75) is 29.3 Å². The van der Waals surface area contributed by atoms with Crippen LogP contribution in [0.1, 0.15) is 34.6 Å². The average molecular weight is 534 g/mol. The van der Waals surface area contributed by atoms with Crippen molar-refractivity contribution in [2.24, 2.45) is 5.92 Å². The number of benzene rings is 2. The molecule has 0 amide bonds. The Morgan fingerprint density at radius 2 is 1.73 bits per heavy atom. The minimum absolute atomic E-state index is 0.0122. The van der Waals surface area contributed by atoms with E-state index in [1.807, 2.05) is 0 Å². The van der Waals surface area contributed by atoms with Crippen molar-refractivity contribution in [2.75, 3.05) is 14.2 Å². The van der Waals surface area contributed by atoms with Gasteiger partial charge in [-0.25, -0.2) is 13.8 Å². The Hall–Kier alpha value is -3.31. The van der Waals surface area contributed by atoms with E-state index in [1.165, 1.54) is 25.3 Å². The van der Waals surface area contributed by atoms with E-state index in [0.717, 1.165) is 19.2 Å². The maximum atomic E-state index is 13.4. The highest BCUT2D eigenvalue weighted by atomic mass is 35.5. The number of alkyl halides is 2. The van der Waals surface area contributed by atoms with Crippen LogP contribution >= 0.6 is 11.6 Å². The summed E-state index contributed by atoms with van der Waals surface area (Å²) < 4.78 is 43.4. The fourth-order valence-electron chi connectivity index (χ4n) is 5.72. The Balaban J connectivity index is 1.93. The van der Waals surface area contributed by atoms with Crippen LogP contribution in [-0.4, -0.2) is 46.3 Å². The van der Waals surface area contributed by atoms with Gasteiger partial charge < -0.3 is 29.5 Å². The number of carbonyl (C=O) groups excluding carboxylic acids is 1. The second-order valence-electron chi connectivity index (χ2n) is 8.92. The zero-order valence-electron chi connectivity index (χ0n) is 19.6. The Morgan fingerprint density at radius 1 is 1.08 bits per heavy atom. The quantitative estimate of drug-likeness (QED) is 0.259. The van der Waals surface area contributed by atoms with E-state index in [-0.39, 0.29) is 33.5 Å². The molecule has 194 valence electrons. The molecule has 0 saturated heterocycles. The maximum absolute atomic E-state index is 13.4. The lowest BCUT2D eigenvalue weighted by atomic mass is 9.74. The van der Waals surface area contributed by atoms with Crippen molar-refractivity contribution in [1.82, 2.24) is 4.98 Å². The lowest BCUT2D eigenvalue weighted by Gasteiger charge is -2.49. The first kappa shape index (κ1) is 25.3. The van der Waals surface area contributed by atoms with E-state index in [1.54, 1.807) is 30.3 Å². The molecule has 2 aromatic carbocycles. The number of hydrogen-bond donors (Lipinski definition) is 3. The highest BCUT2D eigenvalue weighted by Gasteiger charge is 2.84. The number of nitrogens with zero attached hydrogens (tertiary/aromatic N) is 1. The summed E-state index contributed by atoms with van der Waals surface area (Å²) in [5.41, 5.74) is -5.36. The molecular formula is C26H22ClF2NO7. The molecule has 5 rings (SSSR count). The second kappa shape index (κ2) is 8.63. The van der Waals surface area contributed by atoms with Gasteiger partial charge in [0.05, 0.1) is 25.7 Å². The molecule has 2 aliphatic rings. The topological polar surface area (TPSA) is 118 Å². The summed E-state index contributed by atoms with van der Waals surface area (Å²) in [6.45, 7) is 0. The van der Waals surface area contributed by atoms with Gasteiger partial charge in [0.1, 0.15) is 16.8 Å². The predicted molar refractivity (Wildman–Crippen MR) is 125 cm³/mol. The summed E-state index contributed by atoms with van der Waals surface area (Å²) in [6, 6.07) is 14.2. The zero-order valence-corrected chi connectivity index (χ0v) is 20.3. The molecule has 1 aliphatic heterocycles. The molecule has 1 fully saturated rings. The van der Waals surface area contributed by atoms with E-state index in [9.17, 15) is 28.9 Å². The van der Waals surface area contributed by atoms with Crippen molar-refractivity contribution in [3.05, 3.63) is 88.1 Å². The minimum atomic E-state index is -3.23. The number of hydrogen-bond acceptors (Lipinski definition) is 8. The van der Waals surface area contributed by atoms with Crippen molar-refractivity contribution in [3.8, 4) is 11.6 Å². The SMILES string of the molecule is COC(=O)[C@H]1[C@@H](c2ccccc2)C2(c3ccc(C(F)F)cc3)Oc3cc(Cl)nc(OC)c3[C@@]1(O)C2(O)O. The number of pyridine rings is 1. The van der Waals surface area contributed by atoms with Crippen LogP contribution in [0.3, 0.4) is 0 Å². The molecule has 37 heavy (non-hydrogen) atoms. The number of methoxy groups -OCH3 is 2. The Kier molecular flexibility index (Phi) is 5.91. The molecule has 11 heteroatoms. The Labute approximate surface area is 215 Å². The summed E-state index contributed by atoms with van der Waals surface area (Å²) in [6.07, 6.45) is -2.78. The largest absolute Gasteiger partial charge is 0.481 e. The van der Waals surface area contributed by atoms with E-state index in [0.29, 0.717) is 5.56 Å². The lowest BCUT2D eigenvalue weighted by molar-refractivity contribution is -0.341. The molecule has 4 atom stereocenters. The number of rotatable bonds is 5. The van der Waals surface area contributed by atoms with E-state index < -0.39 is 41.2 Å². The van der Waals surface area contributed by atoms with Gasteiger partial charge in [-0.05, 0) is 5.56 Å². The van der Waals surface area contributed by atoms with Crippen molar-refractivity contribution >= 4 is 17.6 Å². The summed E-state index contributed by atoms with van der Waals surface area (Å²) >= 11 is 6.17. The molecule has 8 nitrogen and oxygen atoms in total. The number of halogens is 3. The monoisotopic (exact) mass is 533 g/mol. The molecule has 0 spiro atoms. The Morgan fingerprint density at radius 3 is 2.30 bits per heavy atom. The zero-order chi connectivity index (χ0) is 26.8. The van der Waals surface area contributed by atoms with Gasteiger partial charge in [-0.2, -0.15) is 0 Å². The van der Waals surface area contributed by atoms with E-state index >= 15 is 0 Å². The number of esters is 1. The van der Waals surface area contributed by atoms with Crippen LogP contribution in [-0.2, 0) is 20.7 Å². The van der Waals surface area contributed by atoms with Gasteiger partial charge in [-0.3, -0.25) is 4.79 Å². The van der Waals surface area contributed by atoms with Gasteiger partial charge in [-0.1, -0.05) is 66.2 Å². The summed E-state index contributed by atoms with van der Waals surface area (Å²) in [5, 5.41) is 36.0. The highest BCUT2D eigenvalue weighted by molar-refractivity contribution is 6.29. The lowest BCUT2D eigenvalue weighted by Crippen LogP contribution is -2.65.